The van der Waals surface area contributed by atoms with Crippen LogP contribution in [0.5, 0.6) is 0 Å². The number of hydrogen-bond acceptors (Lipinski definition) is 3. The third-order valence-electron chi connectivity index (χ3n) is 5.10. The molecule has 0 bridgehead atoms. The first kappa shape index (κ1) is 15.3. The summed E-state index contributed by atoms with van der Waals surface area (Å²) in [6.45, 7) is 8.57. The predicted molar refractivity (Wildman–Crippen MR) is 82.6 cm³/mol. The molecular formula is C16H33N3. The van der Waals surface area contributed by atoms with E-state index in [9.17, 15) is 0 Å². The van der Waals surface area contributed by atoms with Crippen LogP contribution in [0.2, 0.25) is 0 Å². The Bertz CT molecular complexity index is 230. The summed E-state index contributed by atoms with van der Waals surface area (Å²) in [6, 6.07) is 1.66. The van der Waals surface area contributed by atoms with E-state index in [0.717, 1.165) is 12.1 Å². The van der Waals surface area contributed by atoms with Gasteiger partial charge in [0.15, 0.2) is 0 Å². The summed E-state index contributed by atoms with van der Waals surface area (Å²) in [6.07, 6.45) is 9.72. The quantitative estimate of drug-likeness (QED) is 0.714. The van der Waals surface area contributed by atoms with E-state index in [1.807, 2.05) is 0 Å². The number of likely N-dealkylation sites (tertiary alicyclic amines) is 1. The normalized spacial score (nSPS) is 23.5. The zero-order valence-electron chi connectivity index (χ0n) is 13.0. The smallest absolute Gasteiger partial charge is 0.0117 e. The molecule has 3 heteroatoms. The molecule has 19 heavy (non-hydrogen) atoms. The molecule has 0 radical (unpaired) electrons. The molecule has 0 atom stereocenters. The van der Waals surface area contributed by atoms with Crippen LogP contribution in [-0.4, -0.2) is 61.7 Å². The minimum absolute atomic E-state index is 0.828. The van der Waals surface area contributed by atoms with Crippen molar-refractivity contribution in [1.82, 2.24) is 15.1 Å². The first-order valence-electron chi connectivity index (χ1n) is 8.45. The van der Waals surface area contributed by atoms with E-state index in [4.69, 9.17) is 0 Å². The summed E-state index contributed by atoms with van der Waals surface area (Å²) in [5, 5.41) is 3.72. The van der Waals surface area contributed by atoms with Gasteiger partial charge >= 0.3 is 0 Å². The first-order valence-corrected chi connectivity index (χ1v) is 8.45. The molecule has 1 aliphatic heterocycles. The van der Waals surface area contributed by atoms with E-state index < -0.39 is 0 Å². The van der Waals surface area contributed by atoms with Gasteiger partial charge in [-0.3, -0.25) is 0 Å². The maximum Gasteiger partial charge on any atom is 0.0117 e. The zero-order chi connectivity index (χ0) is 13.5. The summed E-state index contributed by atoms with van der Waals surface area (Å²) in [5.41, 5.74) is 0. The lowest BCUT2D eigenvalue weighted by atomic mass is 10.0. The van der Waals surface area contributed by atoms with Gasteiger partial charge in [0.05, 0.1) is 0 Å². The average Bonchev–Trinajstić information content (AvgIpc) is 2.96. The lowest BCUT2D eigenvalue weighted by Crippen LogP contribution is -2.44. The van der Waals surface area contributed by atoms with Crippen molar-refractivity contribution in [2.75, 3.05) is 39.8 Å². The third-order valence-corrected chi connectivity index (χ3v) is 5.10. The number of rotatable bonds is 7. The van der Waals surface area contributed by atoms with Gasteiger partial charge in [0.25, 0.3) is 0 Å². The molecule has 0 unspecified atom stereocenters. The number of nitrogens with one attached hydrogen (secondary N) is 1. The Morgan fingerprint density at radius 2 is 1.79 bits per heavy atom. The van der Waals surface area contributed by atoms with Crippen molar-refractivity contribution in [2.24, 2.45) is 0 Å². The highest BCUT2D eigenvalue weighted by Crippen LogP contribution is 2.18. The van der Waals surface area contributed by atoms with E-state index in [0.29, 0.717) is 0 Å². The van der Waals surface area contributed by atoms with Crippen molar-refractivity contribution in [3.63, 3.8) is 0 Å². The van der Waals surface area contributed by atoms with Crippen molar-refractivity contribution < 1.29 is 0 Å². The largest absolute Gasteiger partial charge is 0.314 e. The molecule has 2 aliphatic rings. The molecular weight excluding hydrogens is 234 g/mol. The second-order valence-corrected chi connectivity index (χ2v) is 6.44. The summed E-state index contributed by atoms with van der Waals surface area (Å²) < 4.78 is 0. The monoisotopic (exact) mass is 267 g/mol. The number of nitrogens with zero attached hydrogens (tertiary/aromatic N) is 2. The predicted octanol–water partition coefficient (Wildman–Crippen LogP) is 2.32. The van der Waals surface area contributed by atoms with Crippen molar-refractivity contribution >= 4 is 0 Å². The highest BCUT2D eigenvalue weighted by molar-refractivity contribution is 4.78. The molecule has 1 saturated heterocycles. The standard InChI is InChI=1S/C16H33N3/c1-3-19-13-9-16(10-14-19)18(2)12-6-11-17-15-7-4-5-8-15/h15-17H,3-14H2,1-2H3. The van der Waals surface area contributed by atoms with Crippen LogP contribution in [0.15, 0.2) is 0 Å². The van der Waals surface area contributed by atoms with E-state index in [2.05, 4.69) is 29.1 Å². The number of hydrogen-bond donors (Lipinski definition) is 1. The maximum absolute atomic E-state index is 3.72. The van der Waals surface area contributed by atoms with Crippen molar-refractivity contribution in [2.45, 2.75) is 64.0 Å². The van der Waals surface area contributed by atoms with Gasteiger partial charge in [0, 0.05) is 12.1 Å². The lowest BCUT2D eigenvalue weighted by molar-refractivity contribution is 0.130. The summed E-state index contributed by atoms with van der Waals surface area (Å²) >= 11 is 0. The van der Waals surface area contributed by atoms with Crippen LogP contribution in [0.1, 0.15) is 51.9 Å². The van der Waals surface area contributed by atoms with Crippen LogP contribution in [-0.2, 0) is 0 Å². The molecule has 3 nitrogen and oxygen atoms in total. The second-order valence-electron chi connectivity index (χ2n) is 6.44. The van der Waals surface area contributed by atoms with E-state index >= 15 is 0 Å². The molecule has 0 aromatic carbocycles. The summed E-state index contributed by atoms with van der Waals surface area (Å²) in [4.78, 5) is 5.18. The van der Waals surface area contributed by atoms with Gasteiger partial charge < -0.3 is 15.1 Å². The van der Waals surface area contributed by atoms with Crippen molar-refractivity contribution in [3.05, 3.63) is 0 Å². The minimum Gasteiger partial charge on any atom is -0.314 e. The van der Waals surface area contributed by atoms with Gasteiger partial charge in [0.2, 0.25) is 0 Å². The molecule has 2 fully saturated rings. The van der Waals surface area contributed by atoms with Gasteiger partial charge in [-0.2, -0.15) is 0 Å². The second kappa shape index (κ2) is 8.23. The Balaban J connectivity index is 1.53. The fourth-order valence-electron chi connectivity index (χ4n) is 3.62. The third kappa shape index (κ3) is 5.05. The van der Waals surface area contributed by atoms with Gasteiger partial charge in [-0.15, -0.1) is 0 Å². The van der Waals surface area contributed by atoms with Gasteiger partial charge in [-0.05, 0) is 71.9 Å². The highest BCUT2D eigenvalue weighted by Gasteiger charge is 2.21. The van der Waals surface area contributed by atoms with Gasteiger partial charge in [-0.25, -0.2) is 0 Å². The maximum atomic E-state index is 3.72. The molecule has 0 spiro atoms. The van der Waals surface area contributed by atoms with E-state index in [1.165, 1.54) is 77.7 Å². The fraction of sp³-hybridized carbons (Fsp3) is 1.00. The van der Waals surface area contributed by atoms with Crippen molar-refractivity contribution in [3.8, 4) is 0 Å². The van der Waals surface area contributed by atoms with Crippen LogP contribution in [0.4, 0.5) is 0 Å². The van der Waals surface area contributed by atoms with Crippen LogP contribution in [0.25, 0.3) is 0 Å². The molecule has 0 amide bonds. The molecule has 1 saturated carbocycles. The first-order chi connectivity index (χ1) is 9.29. The lowest BCUT2D eigenvalue weighted by Gasteiger charge is -2.36. The summed E-state index contributed by atoms with van der Waals surface area (Å²) in [5.74, 6) is 0. The van der Waals surface area contributed by atoms with Crippen molar-refractivity contribution in [1.29, 1.82) is 0 Å². The highest BCUT2D eigenvalue weighted by atomic mass is 15.2. The molecule has 2 rings (SSSR count). The Morgan fingerprint density at radius 1 is 1.11 bits per heavy atom. The topological polar surface area (TPSA) is 18.5 Å². The van der Waals surface area contributed by atoms with E-state index in [1.54, 1.807) is 0 Å². The van der Waals surface area contributed by atoms with Crippen LogP contribution in [0, 0.1) is 0 Å². The molecule has 0 aromatic heterocycles. The summed E-state index contributed by atoms with van der Waals surface area (Å²) in [7, 11) is 2.32. The Kier molecular flexibility index (Phi) is 6.62. The Hall–Kier alpha value is -0.120. The van der Waals surface area contributed by atoms with Crippen LogP contribution in [0.3, 0.4) is 0 Å². The van der Waals surface area contributed by atoms with Crippen LogP contribution >= 0.6 is 0 Å². The Labute approximate surface area is 119 Å². The minimum atomic E-state index is 0.828. The zero-order valence-corrected chi connectivity index (χ0v) is 13.0. The molecule has 1 N–H and O–H groups in total. The van der Waals surface area contributed by atoms with Gasteiger partial charge in [-0.1, -0.05) is 19.8 Å². The SMILES string of the molecule is CCN1CCC(N(C)CCCNC2CCCC2)CC1. The molecule has 1 aliphatic carbocycles. The van der Waals surface area contributed by atoms with E-state index in [-0.39, 0.29) is 0 Å². The fourth-order valence-corrected chi connectivity index (χ4v) is 3.62. The molecule has 1 heterocycles. The number of piperidine rings is 1. The van der Waals surface area contributed by atoms with Gasteiger partial charge in [0.1, 0.15) is 0 Å². The molecule has 112 valence electrons. The van der Waals surface area contributed by atoms with Crippen LogP contribution < -0.4 is 5.32 Å². The molecule has 0 aromatic rings. The average molecular weight is 267 g/mol. The Morgan fingerprint density at radius 3 is 2.42 bits per heavy atom.